The number of aromatic nitrogens is 3. The largest absolute Gasteiger partial charge is 0.460 e. The topological polar surface area (TPSA) is 81.1 Å². The summed E-state index contributed by atoms with van der Waals surface area (Å²) in [5.41, 5.74) is -0.967. The van der Waals surface area contributed by atoms with E-state index in [1.54, 1.807) is 26.8 Å². The number of anilines is 2. The average Bonchev–Trinajstić information content (AvgIpc) is 3.05. The number of aryl methyl sites for hydroxylation is 1. The summed E-state index contributed by atoms with van der Waals surface area (Å²) in [6.07, 6.45) is 0.964. The van der Waals surface area contributed by atoms with Gasteiger partial charge in [0, 0.05) is 30.3 Å². The Morgan fingerprint density at radius 3 is 2.47 bits per heavy atom. The summed E-state index contributed by atoms with van der Waals surface area (Å²) < 4.78 is 37.1. The van der Waals surface area contributed by atoms with Crippen molar-refractivity contribution >= 4 is 17.6 Å². The second kappa shape index (κ2) is 9.24. The first-order chi connectivity index (χ1) is 15.6. The Balaban J connectivity index is 1.94. The highest BCUT2D eigenvalue weighted by molar-refractivity contribution is 5.78. The van der Waals surface area contributed by atoms with Crippen molar-refractivity contribution < 1.29 is 18.3 Å². The van der Waals surface area contributed by atoms with E-state index < -0.39 is 22.7 Å². The molecule has 0 spiro atoms. The van der Waals surface area contributed by atoms with Gasteiger partial charge in [0.2, 0.25) is 0 Å². The number of carbonyl (C=O) groups is 1. The van der Waals surface area contributed by atoms with Crippen LogP contribution in [0.4, 0.5) is 20.4 Å². The minimum absolute atomic E-state index is 0.0180. The molecular formula is C25H37F2N5O2. The number of carbonyl (C=O) groups excluding carboxylic acids is 1. The van der Waals surface area contributed by atoms with E-state index in [1.165, 1.54) is 0 Å². The van der Waals surface area contributed by atoms with Crippen LogP contribution in [0.3, 0.4) is 0 Å². The molecule has 1 aliphatic heterocycles. The van der Waals surface area contributed by atoms with E-state index in [9.17, 15) is 13.6 Å². The van der Waals surface area contributed by atoms with E-state index in [-0.39, 0.29) is 35.5 Å². The average molecular weight is 478 g/mol. The van der Waals surface area contributed by atoms with Crippen LogP contribution in [0.5, 0.6) is 0 Å². The highest BCUT2D eigenvalue weighted by atomic mass is 19.1. The van der Waals surface area contributed by atoms with E-state index in [4.69, 9.17) is 4.74 Å². The molecule has 2 aromatic rings. The fraction of sp³-hybridized carbons (Fsp3) is 0.640. The third-order valence-corrected chi connectivity index (χ3v) is 5.90. The first-order valence-corrected chi connectivity index (χ1v) is 11.8. The minimum Gasteiger partial charge on any atom is -0.460 e. The molecule has 2 N–H and O–H groups in total. The van der Waals surface area contributed by atoms with Gasteiger partial charge in [-0.25, -0.2) is 13.8 Å². The summed E-state index contributed by atoms with van der Waals surface area (Å²) in [5, 5.41) is 10.7. The van der Waals surface area contributed by atoms with Crippen molar-refractivity contribution in [2.24, 2.45) is 5.41 Å². The molecule has 0 aliphatic carbocycles. The molecule has 0 radical (unpaired) electrons. The highest BCUT2D eigenvalue weighted by Crippen LogP contribution is 2.38. The Hall–Kier alpha value is -2.55. The van der Waals surface area contributed by atoms with Gasteiger partial charge in [-0.05, 0) is 74.8 Å². The molecule has 0 saturated carbocycles. The van der Waals surface area contributed by atoms with Gasteiger partial charge in [-0.2, -0.15) is 5.10 Å². The predicted molar refractivity (Wildman–Crippen MR) is 128 cm³/mol. The zero-order valence-electron chi connectivity index (χ0n) is 21.5. The fourth-order valence-corrected chi connectivity index (χ4v) is 4.50. The molecule has 3 rings (SSSR count). The maximum atomic E-state index is 14.9. The summed E-state index contributed by atoms with van der Waals surface area (Å²) in [7, 11) is 0. The highest BCUT2D eigenvalue weighted by Gasteiger charge is 2.45. The fourth-order valence-electron chi connectivity index (χ4n) is 4.50. The number of pyridine rings is 1. The van der Waals surface area contributed by atoms with Crippen molar-refractivity contribution in [3.8, 4) is 0 Å². The molecule has 1 fully saturated rings. The van der Waals surface area contributed by atoms with Crippen LogP contribution in [0.25, 0.3) is 0 Å². The molecule has 3 heterocycles. The third kappa shape index (κ3) is 5.92. The van der Waals surface area contributed by atoms with E-state index >= 15 is 0 Å². The molecule has 34 heavy (non-hydrogen) atoms. The first-order valence-electron chi connectivity index (χ1n) is 11.8. The molecule has 0 aromatic carbocycles. The zero-order chi connectivity index (χ0) is 25.5. The molecular weight excluding hydrogens is 440 g/mol. The summed E-state index contributed by atoms with van der Waals surface area (Å²) in [4.78, 5) is 17.5. The van der Waals surface area contributed by atoms with Crippen molar-refractivity contribution in [3.05, 3.63) is 35.2 Å². The van der Waals surface area contributed by atoms with Crippen LogP contribution in [0.2, 0.25) is 0 Å². The number of halogens is 2. The number of ether oxygens (including phenoxy) is 1. The molecule has 188 valence electrons. The van der Waals surface area contributed by atoms with Gasteiger partial charge in [-0.3, -0.25) is 9.48 Å². The number of nitrogens with zero attached hydrogens (tertiary/aromatic N) is 3. The Morgan fingerprint density at radius 1 is 1.24 bits per heavy atom. The summed E-state index contributed by atoms with van der Waals surface area (Å²) in [6, 6.07) is 2.64. The van der Waals surface area contributed by atoms with Gasteiger partial charge in [0.15, 0.2) is 17.5 Å². The Bertz CT molecular complexity index is 1050. The lowest BCUT2D eigenvalue weighted by atomic mass is 9.72. The minimum atomic E-state index is -0.953. The molecule has 9 heteroatoms. The summed E-state index contributed by atoms with van der Waals surface area (Å²) in [5.74, 6) is -1.71. The van der Waals surface area contributed by atoms with Gasteiger partial charge in [-0.1, -0.05) is 0 Å². The monoisotopic (exact) mass is 477 g/mol. The molecule has 0 unspecified atom stereocenters. The normalized spacial score (nSPS) is 21.4. The van der Waals surface area contributed by atoms with Crippen LogP contribution in [0.15, 0.2) is 12.1 Å². The SMILES string of the molecule is Cc1cc(Nc2nc(C[C@@]3(C(=O)OC(C)(C)C)CCN[C@H](C)C3)c(F)cc2F)nn1C(C)(C)C. The lowest BCUT2D eigenvalue weighted by Gasteiger charge is -2.40. The van der Waals surface area contributed by atoms with Gasteiger partial charge >= 0.3 is 5.97 Å². The first kappa shape index (κ1) is 26.1. The maximum absolute atomic E-state index is 14.9. The van der Waals surface area contributed by atoms with Gasteiger partial charge in [0.05, 0.1) is 16.6 Å². The van der Waals surface area contributed by atoms with E-state index in [2.05, 4.69) is 20.7 Å². The Labute approximate surface area is 200 Å². The molecule has 2 atom stereocenters. The smallest absolute Gasteiger partial charge is 0.313 e. The molecule has 1 saturated heterocycles. The number of hydrogen-bond acceptors (Lipinski definition) is 6. The Kier molecular flexibility index (Phi) is 7.09. The second-order valence-electron chi connectivity index (χ2n) is 11.4. The van der Waals surface area contributed by atoms with Crippen molar-refractivity contribution in [1.29, 1.82) is 0 Å². The van der Waals surface area contributed by atoms with Crippen LogP contribution in [-0.4, -0.2) is 38.9 Å². The van der Waals surface area contributed by atoms with Gasteiger partial charge in [-0.15, -0.1) is 0 Å². The van der Waals surface area contributed by atoms with Crippen molar-refractivity contribution in [1.82, 2.24) is 20.1 Å². The predicted octanol–water partition coefficient (Wildman–Crippen LogP) is 5.01. The third-order valence-electron chi connectivity index (χ3n) is 5.90. The Morgan fingerprint density at radius 2 is 1.91 bits per heavy atom. The maximum Gasteiger partial charge on any atom is 0.313 e. The number of piperidine rings is 1. The van der Waals surface area contributed by atoms with Crippen LogP contribution in [0.1, 0.15) is 72.7 Å². The molecule has 1 aliphatic rings. The van der Waals surface area contributed by atoms with Crippen molar-refractivity contribution in [3.63, 3.8) is 0 Å². The van der Waals surface area contributed by atoms with Crippen molar-refractivity contribution in [2.45, 2.75) is 91.8 Å². The van der Waals surface area contributed by atoms with Gasteiger partial charge < -0.3 is 15.4 Å². The second-order valence-corrected chi connectivity index (χ2v) is 11.4. The van der Waals surface area contributed by atoms with Crippen LogP contribution >= 0.6 is 0 Å². The molecule has 0 bridgehead atoms. The molecule has 7 nitrogen and oxygen atoms in total. The number of hydrogen-bond donors (Lipinski definition) is 2. The molecule has 2 aromatic heterocycles. The summed E-state index contributed by atoms with van der Waals surface area (Å²) in [6.45, 7) is 15.9. The summed E-state index contributed by atoms with van der Waals surface area (Å²) >= 11 is 0. The van der Waals surface area contributed by atoms with Crippen LogP contribution < -0.4 is 10.6 Å². The van der Waals surface area contributed by atoms with Crippen LogP contribution in [-0.2, 0) is 21.5 Å². The van der Waals surface area contributed by atoms with Gasteiger partial charge in [0.25, 0.3) is 0 Å². The number of nitrogens with one attached hydrogen (secondary N) is 2. The van der Waals surface area contributed by atoms with Crippen LogP contribution in [0, 0.1) is 24.0 Å². The zero-order valence-corrected chi connectivity index (χ0v) is 21.5. The lowest BCUT2D eigenvalue weighted by molar-refractivity contribution is -0.170. The molecule has 0 amide bonds. The number of rotatable bonds is 5. The standard InChI is InChI=1S/C25H37F2N5O2/c1-15-13-25(9-10-28-15,22(33)34-24(6,7)8)14-19-17(26)12-18(27)21(29-19)30-20-11-16(2)32(31-20)23(3,4)5/h11-12,15,28H,9-10,13-14H2,1-8H3,(H,29,30,31)/t15-,25-/m1/s1. The van der Waals surface area contributed by atoms with Gasteiger partial charge in [0.1, 0.15) is 11.4 Å². The lowest BCUT2D eigenvalue weighted by Crippen LogP contribution is -2.50. The number of esters is 1. The quantitative estimate of drug-likeness (QED) is 0.590. The van der Waals surface area contributed by atoms with E-state index in [0.29, 0.717) is 25.2 Å². The van der Waals surface area contributed by atoms with E-state index in [0.717, 1.165) is 11.8 Å². The van der Waals surface area contributed by atoms with Crippen molar-refractivity contribution in [2.75, 3.05) is 11.9 Å². The van der Waals surface area contributed by atoms with E-state index in [1.807, 2.05) is 39.3 Å².